The van der Waals surface area contributed by atoms with E-state index in [1.807, 2.05) is 0 Å². The van der Waals surface area contributed by atoms with Crippen molar-refractivity contribution in [1.29, 1.82) is 0 Å². The Bertz CT molecular complexity index is 542. The Hall–Kier alpha value is -2.08. The Morgan fingerprint density at radius 3 is 2.75 bits per heavy atom. The first-order chi connectivity index (χ1) is 9.51. The van der Waals surface area contributed by atoms with Gasteiger partial charge in [-0.05, 0) is 18.6 Å². The number of ether oxygens (including phenoxy) is 2. The van der Waals surface area contributed by atoms with Crippen LogP contribution in [0, 0.1) is 10.1 Å². The number of para-hydroxylation sites is 1. The Morgan fingerprint density at radius 2 is 2.20 bits per heavy atom. The van der Waals surface area contributed by atoms with Gasteiger partial charge in [0.15, 0.2) is 0 Å². The van der Waals surface area contributed by atoms with Gasteiger partial charge in [0.1, 0.15) is 6.61 Å². The third-order valence-electron chi connectivity index (χ3n) is 2.53. The van der Waals surface area contributed by atoms with E-state index >= 15 is 0 Å². The normalized spacial score (nSPS) is 11.1. The number of methoxy groups -OCH3 is 1. The summed E-state index contributed by atoms with van der Waals surface area (Å²) in [6.45, 7) is 1.78. The van der Waals surface area contributed by atoms with Crippen LogP contribution in [0.5, 0.6) is 5.75 Å². The van der Waals surface area contributed by atoms with Crippen LogP contribution in [-0.4, -0.2) is 24.6 Å². The highest BCUT2D eigenvalue weighted by atomic mass is 35.5. The van der Waals surface area contributed by atoms with Gasteiger partial charge in [-0.1, -0.05) is 24.6 Å². The second-order valence-corrected chi connectivity index (χ2v) is 4.14. The van der Waals surface area contributed by atoms with Gasteiger partial charge in [-0.25, -0.2) is 4.79 Å². The molecule has 0 amide bonds. The molecule has 0 spiro atoms. The van der Waals surface area contributed by atoms with Gasteiger partial charge in [0, 0.05) is 11.6 Å². The van der Waals surface area contributed by atoms with E-state index < -0.39 is 10.9 Å². The molecule has 108 valence electrons. The first-order valence-corrected chi connectivity index (χ1v) is 6.22. The van der Waals surface area contributed by atoms with E-state index in [4.69, 9.17) is 16.3 Å². The molecule has 1 aromatic carbocycles. The van der Waals surface area contributed by atoms with Gasteiger partial charge in [-0.3, -0.25) is 10.1 Å². The van der Waals surface area contributed by atoms with Crippen LogP contribution in [0.25, 0.3) is 0 Å². The van der Waals surface area contributed by atoms with Crippen molar-refractivity contribution < 1.29 is 19.2 Å². The minimum absolute atomic E-state index is 0.0111. The average Bonchev–Trinajstić information content (AvgIpc) is 2.43. The van der Waals surface area contributed by atoms with Crippen molar-refractivity contribution in [2.24, 2.45) is 0 Å². The highest BCUT2D eigenvalue weighted by Gasteiger charge is 2.18. The zero-order valence-electron chi connectivity index (χ0n) is 11.1. The molecule has 0 N–H and O–H groups in total. The minimum Gasteiger partial charge on any atom is -0.482 e. The Morgan fingerprint density at radius 1 is 1.50 bits per heavy atom. The molecule has 0 aliphatic heterocycles. The summed E-state index contributed by atoms with van der Waals surface area (Å²) in [5.74, 6) is -0.472. The molecular formula is C13H14ClNO5. The summed E-state index contributed by atoms with van der Waals surface area (Å²) in [4.78, 5) is 21.6. The van der Waals surface area contributed by atoms with E-state index in [1.54, 1.807) is 6.92 Å². The topological polar surface area (TPSA) is 78.7 Å². The lowest BCUT2D eigenvalue weighted by molar-refractivity contribution is -0.385. The van der Waals surface area contributed by atoms with Gasteiger partial charge in [0.25, 0.3) is 0 Å². The van der Waals surface area contributed by atoms with Crippen LogP contribution in [0.2, 0.25) is 5.02 Å². The Balaban J connectivity index is 2.87. The van der Waals surface area contributed by atoms with Gasteiger partial charge < -0.3 is 9.47 Å². The van der Waals surface area contributed by atoms with E-state index in [-0.39, 0.29) is 23.1 Å². The standard InChI is InChI=1S/C13H14ClNO5/c1-3-9(13(16)19-2)7-8-20-12-10(14)5-4-6-11(12)15(17)18/h4-7H,3,8H2,1-2H3/b9-7-. The molecule has 1 aromatic rings. The third-order valence-corrected chi connectivity index (χ3v) is 2.83. The number of carbonyl (C=O) groups is 1. The number of rotatable bonds is 6. The fourth-order valence-electron chi connectivity index (χ4n) is 1.51. The SMILES string of the molecule is CC/C(=C/COc1c(Cl)cccc1[N+](=O)[O-])C(=O)OC. The molecule has 0 saturated heterocycles. The highest BCUT2D eigenvalue weighted by Crippen LogP contribution is 2.34. The molecule has 6 nitrogen and oxygen atoms in total. The maximum Gasteiger partial charge on any atom is 0.333 e. The molecule has 0 aliphatic carbocycles. The monoisotopic (exact) mass is 299 g/mol. The largest absolute Gasteiger partial charge is 0.482 e. The van der Waals surface area contributed by atoms with Crippen molar-refractivity contribution in [2.45, 2.75) is 13.3 Å². The summed E-state index contributed by atoms with van der Waals surface area (Å²) < 4.78 is 9.89. The van der Waals surface area contributed by atoms with E-state index in [0.717, 1.165) is 0 Å². The Kier molecular flexibility index (Phi) is 5.99. The number of carbonyl (C=O) groups excluding carboxylic acids is 1. The first kappa shape index (κ1) is 16.0. The molecule has 0 aliphatic rings. The van der Waals surface area contributed by atoms with E-state index in [9.17, 15) is 14.9 Å². The third kappa shape index (κ3) is 3.96. The van der Waals surface area contributed by atoms with Gasteiger partial charge >= 0.3 is 11.7 Å². The molecule has 0 fully saturated rings. The number of esters is 1. The van der Waals surface area contributed by atoms with Gasteiger partial charge in [-0.2, -0.15) is 0 Å². The summed E-state index contributed by atoms with van der Waals surface area (Å²) in [5, 5.41) is 11.0. The van der Waals surface area contributed by atoms with E-state index in [1.165, 1.54) is 31.4 Å². The first-order valence-electron chi connectivity index (χ1n) is 5.84. The van der Waals surface area contributed by atoms with Gasteiger partial charge in [0.05, 0.1) is 17.1 Å². The summed E-state index contributed by atoms with van der Waals surface area (Å²) in [5.41, 5.74) is 0.212. The maximum absolute atomic E-state index is 11.3. The van der Waals surface area contributed by atoms with Gasteiger partial charge in [-0.15, -0.1) is 0 Å². The minimum atomic E-state index is -0.577. The highest BCUT2D eigenvalue weighted by molar-refractivity contribution is 6.32. The number of nitro groups is 1. The fourth-order valence-corrected chi connectivity index (χ4v) is 1.74. The molecule has 0 atom stereocenters. The fraction of sp³-hybridized carbons (Fsp3) is 0.308. The van der Waals surface area contributed by atoms with Crippen LogP contribution < -0.4 is 4.74 Å². The second-order valence-electron chi connectivity index (χ2n) is 3.73. The number of benzene rings is 1. The predicted molar refractivity (Wildman–Crippen MR) is 74.0 cm³/mol. The van der Waals surface area contributed by atoms with Crippen molar-refractivity contribution >= 4 is 23.3 Å². The quantitative estimate of drug-likeness (QED) is 0.349. The number of nitrogens with zero attached hydrogens (tertiary/aromatic N) is 1. The van der Waals surface area contributed by atoms with Crippen molar-refractivity contribution in [2.75, 3.05) is 13.7 Å². The summed E-state index contributed by atoms with van der Waals surface area (Å²) in [6, 6.07) is 4.26. The lowest BCUT2D eigenvalue weighted by atomic mass is 10.2. The van der Waals surface area contributed by atoms with Crippen LogP contribution in [0.15, 0.2) is 29.8 Å². The molecule has 0 heterocycles. The lowest BCUT2D eigenvalue weighted by Crippen LogP contribution is -2.06. The molecular weight excluding hydrogens is 286 g/mol. The molecule has 0 radical (unpaired) electrons. The maximum atomic E-state index is 11.3. The lowest BCUT2D eigenvalue weighted by Gasteiger charge is -2.07. The molecule has 0 bridgehead atoms. The van der Waals surface area contributed by atoms with Crippen LogP contribution in [0.3, 0.4) is 0 Å². The smallest absolute Gasteiger partial charge is 0.333 e. The molecule has 0 unspecified atom stereocenters. The zero-order valence-corrected chi connectivity index (χ0v) is 11.8. The molecule has 0 aromatic heterocycles. The molecule has 20 heavy (non-hydrogen) atoms. The van der Waals surface area contributed by atoms with Crippen LogP contribution >= 0.6 is 11.6 Å². The van der Waals surface area contributed by atoms with Crippen molar-refractivity contribution in [1.82, 2.24) is 0 Å². The van der Waals surface area contributed by atoms with Crippen molar-refractivity contribution in [3.63, 3.8) is 0 Å². The summed E-state index contributed by atoms with van der Waals surface area (Å²) in [6.07, 6.45) is 1.99. The summed E-state index contributed by atoms with van der Waals surface area (Å²) >= 11 is 5.87. The van der Waals surface area contributed by atoms with Crippen LogP contribution in [-0.2, 0) is 9.53 Å². The number of hydrogen-bond donors (Lipinski definition) is 0. The summed E-state index contributed by atoms with van der Waals surface area (Å²) in [7, 11) is 1.28. The predicted octanol–water partition coefficient (Wildman–Crippen LogP) is 3.14. The van der Waals surface area contributed by atoms with Crippen molar-refractivity contribution in [3.05, 3.63) is 45.0 Å². The number of nitro benzene ring substituents is 1. The van der Waals surface area contributed by atoms with Gasteiger partial charge in [0.2, 0.25) is 5.75 Å². The van der Waals surface area contributed by atoms with E-state index in [0.29, 0.717) is 12.0 Å². The number of hydrogen-bond acceptors (Lipinski definition) is 5. The molecule has 1 rings (SSSR count). The van der Waals surface area contributed by atoms with Crippen LogP contribution in [0.1, 0.15) is 13.3 Å². The number of halogens is 1. The molecule has 0 saturated carbocycles. The second kappa shape index (κ2) is 7.49. The molecule has 7 heteroatoms. The Labute approximate surface area is 121 Å². The average molecular weight is 300 g/mol. The van der Waals surface area contributed by atoms with Crippen LogP contribution in [0.4, 0.5) is 5.69 Å². The van der Waals surface area contributed by atoms with E-state index in [2.05, 4.69) is 4.74 Å². The zero-order chi connectivity index (χ0) is 15.1. The van der Waals surface area contributed by atoms with Crippen molar-refractivity contribution in [3.8, 4) is 5.75 Å².